The van der Waals surface area contributed by atoms with E-state index in [-0.39, 0.29) is 0 Å². The van der Waals surface area contributed by atoms with Crippen LogP contribution in [0.3, 0.4) is 0 Å². The lowest BCUT2D eigenvalue weighted by Crippen LogP contribution is -2.50. The van der Waals surface area contributed by atoms with Crippen molar-refractivity contribution in [2.75, 3.05) is 6.54 Å². The van der Waals surface area contributed by atoms with E-state index in [0.717, 1.165) is 12.0 Å². The van der Waals surface area contributed by atoms with Crippen LogP contribution in [0.25, 0.3) is 0 Å². The van der Waals surface area contributed by atoms with Gasteiger partial charge in [-0.15, -0.1) is 0 Å². The molecule has 0 radical (unpaired) electrons. The lowest BCUT2D eigenvalue weighted by molar-refractivity contribution is 0.133. The molecule has 0 bridgehead atoms. The third-order valence-corrected chi connectivity index (χ3v) is 5.05. The van der Waals surface area contributed by atoms with Crippen LogP contribution in [-0.2, 0) is 5.41 Å². The van der Waals surface area contributed by atoms with Crippen molar-refractivity contribution >= 4 is 0 Å². The summed E-state index contributed by atoms with van der Waals surface area (Å²) in [5, 5.41) is 3.77. The Labute approximate surface area is 111 Å². The summed E-state index contributed by atoms with van der Waals surface area (Å²) in [7, 11) is 0. The Morgan fingerprint density at radius 1 is 1.11 bits per heavy atom. The lowest BCUT2D eigenvalue weighted by Gasteiger charge is -2.49. The Bertz CT molecular complexity index is 427. The summed E-state index contributed by atoms with van der Waals surface area (Å²) in [6, 6.07) is 7.93. The van der Waals surface area contributed by atoms with Crippen molar-refractivity contribution in [3.05, 3.63) is 34.9 Å². The number of aryl methyl sites for hydroxylation is 2. The van der Waals surface area contributed by atoms with Gasteiger partial charge in [-0.3, -0.25) is 0 Å². The van der Waals surface area contributed by atoms with Gasteiger partial charge >= 0.3 is 0 Å². The summed E-state index contributed by atoms with van der Waals surface area (Å²) >= 11 is 0. The quantitative estimate of drug-likeness (QED) is 0.850. The topological polar surface area (TPSA) is 12.0 Å². The second-order valence-electron chi connectivity index (χ2n) is 6.63. The second kappa shape index (κ2) is 4.38. The van der Waals surface area contributed by atoms with Crippen molar-refractivity contribution < 1.29 is 0 Å². The van der Waals surface area contributed by atoms with Crippen LogP contribution in [0.4, 0.5) is 0 Å². The van der Waals surface area contributed by atoms with Gasteiger partial charge in [0.1, 0.15) is 0 Å². The summed E-state index contributed by atoms with van der Waals surface area (Å²) in [4.78, 5) is 0. The van der Waals surface area contributed by atoms with Crippen LogP contribution < -0.4 is 5.32 Å². The average Bonchev–Trinajstić information content (AvgIpc) is 3.10. The number of nitrogens with one attached hydrogen (secondary N) is 1. The fraction of sp³-hybridized carbons (Fsp3) is 0.647. The molecule has 0 aliphatic heterocycles. The van der Waals surface area contributed by atoms with E-state index < -0.39 is 0 Å². The van der Waals surface area contributed by atoms with E-state index in [4.69, 9.17) is 0 Å². The fourth-order valence-corrected chi connectivity index (χ4v) is 3.45. The number of hydrogen-bond acceptors (Lipinski definition) is 1. The highest BCUT2D eigenvalue weighted by Crippen LogP contribution is 2.49. The van der Waals surface area contributed by atoms with Crippen LogP contribution in [0, 0.1) is 19.8 Å². The molecule has 0 heterocycles. The Kier molecular flexibility index (Phi) is 2.97. The molecule has 0 amide bonds. The molecular weight excluding hydrogens is 218 g/mol. The zero-order valence-corrected chi connectivity index (χ0v) is 11.9. The van der Waals surface area contributed by atoms with E-state index in [2.05, 4.69) is 44.3 Å². The Hall–Kier alpha value is -0.820. The van der Waals surface area contributed by atoms with Gasteiger partial charge in [0.25, 0.3) is 0 Å². The highest BCUT2D eigenvalue weighted by molar-refractivity contribution is 5.37. The van der Waals surface area contributed by atoms with Crippen LogP contribution >= 0.6 is 0 Å². The third-order valence-electron chi connectivity index (χ3n) is 5.05. The molecule has 1 nitrogen and oxygen atoms in total. The molecule has 2 atom stereocenters. The number of hydrogen-bond donors (Lipinski definition) is 1. The van der Waals surface area contributed by atoms with E-state index in [0.29, 0.717) is 5.41 Å². The molecule has 0 aromatic heterocycles. The van der Waals surface area contributed by atoms with Crippen LogP contribution in [0.5, 0.6) is 0 Å². The molecular formula is C17H25N. The Morgan fingerprint density at radius 3 is 2.22 bits per heavy atom. The molecule has 2 fully saturated rings. The third kappa shape index (κ3) is 2.09. The Balaban J connectivity index is 1.87. The van der Waals surface area contributed by atoms with Crippen molar-refractivity contribution in [2.45, 2.75) is 57.9 Å². The first-order chi connectivity index (χ1) is 8.60. The molecule has 1 N–H and O–H groups in total. The maximum absolute atomic E-state index is 3.77. The van der Waals surface area contributed by atoms with Gasteiger partial charge in [-0.2, -0.15) is 0 Å². The SMILES string of the molecule is Cc1cc(C)cc(C2(CNC3CC3)CCC2C)c1. The highest BCUT2D eigenvalue weighted by atomic mass is 15.0. The first-order valence-corrected chi connectivity index (χ1v) is 7.42. The highest BCUT2D eigenvalue weighted by Gasteiger charge is 2.45. The van der Waals surface area contributed by atoms with Crippen molar-refractivity contribution in [1.29, 1.82) is 0 Å². The zero-order valence-electron chi connectivity index (χ0n) is 11.9. The standard InChI is InChI=1S/C17H25N/c1-12-8-13(2)10-15(9-12)17(7-6-14(17)3)11-18-16-4-5-16/h8-10,14,16,18H,4-7,11H2,1-3H3. The van der Waals surface area contributed by atoms with Crippen molar-refractivity contribution in [3.63, 3.8) is 0 Å². The monoisotopic (exact) mass is 243 g/mol. The van der Waals surface area contributed by atoms with Crippen LogP contribution in [0.1, 0.15) is 49.3 Å². The molecule has 1 heteroatoms. The van der Waals surface area contributed by atoms with Gasteiger partial charge in [0.15, 0.2) is 0 Å². The Morgan fingerprint density at radius 2 is 1.78 bits per heavy atom. The van der Waals surface area contributed by atoms with Gasteiger partial charge in [-0.25, -0.2) is 0 Å². The summed E-state index contributed by atoms with van der Waals surface area (Å²) < 4.78 is 0. The largest absolute Gasteiger partial charge is 0.313 e. The predicted octanol–water partition coefficient (Wildman–Crippen LogP) is 3.72. The van der Waals surface area contributed by atoms with Crippen LogP contribution in [0.15, 0.2) is 18.2 Å². The molecule has 2 unspecified atom stereocenters. The van der Waals surface area contributed by atoms with Gasteiger partial charge in [-0.05, 0) is 51.0 Å². The number of rotatable bonds is 4. The minimum atomic E-state index is 0.416. The summed E-state index contributed by atoms with van der Waals surface area (Å²) in [5.41, 5.74) is 4.82. The molecule has 3 rings (SSSR count). The molecule has 1 aromatic carbocycles. The molecule has 18 heavy (non-hydrogen) atoms. The summed E-state index contributed by atoms with van der Waals surface area (Å²) in [6.07, 6.45) is 5.52. The van der Waals surface area contributed by atoms with Crippen LogP contribution in [0.2, 0.25) is 0 Å². The van der Waals surface area contributed by atoms with Gasteiger partial charge in [0.2, 0.25) is 0 Å². The maximum Gasteiger partial charge on any atom is 0.0104 e. The molecule has 2 saturated carbocycles. The molecule has 98 valence electrons. The van der Waals surface area contributed by atoms with E-state index in [9.17, 15) is 0 Å². The summed E-state index contributed by atoms with van der Waals surface area (Å²) in [6.45, 7) is 8.06. The van der Waals surface area contributed by atoms with E-state index in [1.165, 1.54) is 43.4 Å². The molecule has 2 aliphatic carbocycles. The molecule has 1 aromatic rings. The molecule has 0 saturated heterocycles. The predicted molar refractivity (Wildman–Crippen MR) is 77.0 cm³/mol. The molecule has 2 aliphatic rings. The average molecular weight is 243 g/mol. The smallest absolute Gasteiger partial charge is 0.0104 e. The van der Waals surface area contributed by atoms with Gasteiger partial charge in [0.05, 0.1) is 0 Å². The van der Waals surface area contributed by atoms with Gasteiger partial charge < -0.3 is 5.32 Å². The fourth-order valence-electron chi connectivity index (χ4n) is 3.45. The first-order valence-electron chi connectivity index (χ1n) is 7.42. The second-order valence-corrected chi connectivity index (χ2v) is 6.63. The minimum absolute atomic E-state index is 0.416. The lowest BCUT2D eigenvalue weighted by atomic mass is 9.57. The van der Waals surface area contributed by atoms with Crippen molar-refractivity contribution in [3.8, 4) is 0 Å². The summed E-state index contributed by atoms with van der Waals surface area (Å²) in [5.74, 6) is 0.824. The van der Waals surface area contributed by atoms with Gasteiger partial charge in [-0.1, -0.05) is 36.2 Å². The normalized spacial score (nSPS) is 31.2. The minimum Gasteiger partial charge on any atom is -0.313 e. The van der Waals surface area contributed by atoms with E-state index in [1.54, 1.807) is 5.56 Å². The zero-order chi connectivity index (χ0) is 12.8. The van der Waals surface area contributed by atoms with E-state index >= 15 is 0 Å². The van der Waals surface area contributed by atoms with Crippen molar-refractivity contribution in [1.82, 2.24) is 5.32 Å². The van der Waals surface area contributed by atoms with Crippen molar-refractivity contribution in [2.24, 2.45) is 5.92 Å². The first kappa shape index (κ1) is 12.2. The van der Waals surface area contributed by atoms with Gasteiger partial charge in [0, 0.05) is 18.0 Å². The maximum atomic E-state index is 3.77. The van der Waals surface area contributed by atoms with E-state index in [1.807, 2.05) is 0 Å². The van der Waals surface area contributed by atoms with Crippen LogP contribution in [-0.4, -0.2) is 12.6 Å². The molecule has 0 spiro atoms. The number of benzene rings is 1.